The van der Waals surface area contributed by atoms with E-state index >= 15 is 0 Å². The minimum atomic E-state index is -0.823. The van der Waals surface area contributed by atoms with Crippen LogP contribution in [0.5, 0.6) is 0 Å². The summed E-state index contributed by atoms with van der Waals surface area (Å²) in [5, 5.41) is 4.32. The van der Waals surface area contributed by atoms with Gasteiger partial charge in [0.1, 0.15) is 17.3 Å². The molecule has 0 aliphatic rings. The fraction of sp³-hybridized carbons (Fsp3) is 0.864. The first-order valence-electron chi connectivity index (χ1n) is 29.5. The van der Waals surface area contributed by atoms with E-state index in [2.05, 4.69) is 35.8 Å². The lowest BCUT2D eigenvalue weighted by atomic mass is 10.0. The lowest BCUT2D eigenvalue weighted by Crippen LogP contribution is -2.46. The van der Waals surface area contributed by atoms with Gasteiger partial charge in [-0.2, -0.15) is 5.10 Å². The molecule has 0 aliphatic carbocycles. The third-order valence-corrected chi connectivity index (χ3v) is 12.8. The second-order valence-corrected chi connectivity index (χ2v) is 22.3. The van der Waals surface area contributed by atoms with Gasteiger partial charge in [0.15, 0.2) is 0 Å². The molecule has 0 bridgehead atoms. The summed E-state index contributed by atoms with van der Waals surface area (Å²) in [7, 11) is 0. The normalized spacial score (nSPS) is 12.2. The van der Waals surface area contributed by atoms with E-state index in [1.807, 2.05) is 20.8 Å². The van der Waals surface area contributed by atoms with Crippen LogP contribution in [0.1, 0.15) is 281 Å². The minimum Gasteiger partial charge on any atom is -0.466 e. The average Bonchev–Trinajstić information content (AvgIpc) is 3.86. The lowest BCUT2D eigenvalue weighted by molar-refractivity contribution is -0.150. The molecular formula is C59H109N5O8. The van der Waals surface area contributed by atoms with Crippen molar-refractivity contribution < 1.29 is 38.1 Å². The van der Waals surface area contributed by atoms with Crippen LogP contribution in [0.2, 0.25) is 0 Å². The number of hydrogen-bond acceptors (Lipinski definition) is 10. The highest BCUT2D eigenvalue weighted by atomic mass is 16.6. The third kappa shape index (κ3) is 39.0. The van der Waals surface area contributed by atoms with E-state index in [4.69, 9.17) is 18.9 Å². The van der Waals surface area contributed by atoms with Crippen molar-refractivity contribution in [3.05, 3.63) is 18.5 Å². The van der Waals surface area contributed by atoms with Crippen molar-refractivity contribution >= 4 is 30.1 Å². The summed E-state index contributed by atoms with van der Waals surface area (Å²) in [6.07, 6.45) is 38.8. The van der Waals surface area contributed by atoms with Gasteiger partial charge >= 0.3 is 24.1 Å². The van der Waals surface area contributed by atoms with Crippen molar-refractivity contribution in [2.45, 2.75) is 298 Å². The summed E-state index contributed by atoms with van der Waals surface area (Å²) in [6.45, 7) is 20.8. The molecule has 0 saturated heterocycles. The Hall–Kier alpha value is -3.48. The van der Waals surface area contributed by atoms with Crippen LogP contribution < -0.4 is 0 Å². The van der Waals surface area contributed by atoms with Gasteiger partial charge in [-0.1, -0.05) is 162 Å². The highest BCUT2D eigenvalue weighted by molar-refractivity contribution is 5.99. The van der Waals surface area contributed by atoms with Crippen molar-refractivity contribution in [3.63, 3.8) is 0 Å². The second kappa shape index (κ2) is 42.8. The molecule has 0 atom stereocenters. The minimum absolute atomic E-state index is 0.0201. The maximum atomic E-state index is 13.8. The molecule has 0 radical (unpaired) electrons. The number of carbonyl (C=O) groups excluding carboxylic acids is 4. The Kier molecular flexibility index (Phi) is 39.6. The predicted octanol–water partition coefficient (Wildman–Crippen LogP) is 16.3. The fourth-order valence-electron chi connectivity index (χ4n) is 8.77. The molecule has 0 spiro atoms. The van der Waals surface area contributed by atoms with Crippen LogP contribution in [0.3, 0.4) is 0 Å². The zero-order valence-electron chi connectivity index (χ0n) is 47.9. The molecule has 0 N–H and O–H groups in total. The fourth-order valence-corrected chi connectivity index (χ4v) is 8.77. The van der Waals surface area contributed by atoms with Crippen LogP contribution in [0, 0.1) is 0 Å². The second-order valence-electron chi connectivity index (χ2n) is 22.3. The summed E-state index contributed by atoms with van der Waals surface area (Å²) >= 11 is 0. The van der Waals surface area contributed by atoms with Gasteiger partial charge in [-0.3, -0.25) is 9.59 Å². The van der Waals surface area contributed by atoms with Gasteiger partial charge in [-0.15, -0.1) is 4.99 Å². The Balaban J connectivity index is 2.84. The molecule has 0 fully saturated rings. The van der Waals surface area contributed by atoms with E-state index in [0.717, 1.165) is 122 Å². The van der Waals surface area contributed by atoms with Gasteiger partial charge in [0.2, 0.25) is 5.96 Å². The zero-order valence-corrected chi connectivity index (χ0v) is 47.9. The van der Waals surface area contributed by atoms with Crippen LogP contribution in [-0.2, 0) is 28.5 Å². The first-order chi connectivity index (χ1) is 34.6. The van der Waals surface area contributed by atoms with Gasteiger partial charge in [0.25, 0.3) is 0 Å². The molecular weight excluding hydrogens is 907 g/mol. The van der Waals surface area contributed by atoms with Crippen molar-refractivity contribution in [3.8, 4) is 0 Å². The number of hydrogen-bond donors (Lipinski definition) is 0. The molecule has 0 unspecified atom stereocenters. The maximum absolute atomic E-state index is 13.8. The number of nitrogens with zero attached hydrogens (tertiary/aromatic N) is 5. The number of amides is 2. The predicted molar refractivity (Wildman–Crippen MR) is 296 cm³/mol. The summed E-state index contributed by atoms with van der Waals surface area (Å²) in [5.74, 6) is -0.0912. The van der Waals surface area contributed by atoms with E-state index in [1.165, 1.54) is 106 Å². The van der Waals surface area contributed by atoms with E-state index in [1.54, 1.807) is 39.2 Å². The molecule has 1 rings (SSSR count). The van der Waals surface area contributed by atoms with Gasteiger partial charge in [-0.05, 0) is 131 Å². The Morgan fingerprint density at radius 2 is 0.972 bits per heavy atom. The third-order valence-electron chi connectivity index (χ3n) is 12.8. The first-order valence-corrected chi connectivity index (χ1v) is 29.5. The Labute approximate surface area is 440 Å². The number of rotatable bonds is 43. The summed E-state index contributed by atoms with van der Waals surface area (Å²) in [4.78, 5) is 60.3. The largest absolute Gasteiger partial charge is 0.466 e. The Morgan fingerprint density at radius 1 is 0.528 bits per heavy atom. The highest BCUT2D eigenvalue weighted by Crippen LogP contribution is 2.20. The Bertz CT molecular complexity index is 1510. The number of esters is 2. The smallest absolute Gasteiger partial charge is 0.437 e. The molecule has 72 heavy (non-hydrogen) atoms. The number of unbranched alkanes of at least 4 members (excludes halogenated alkanes) is 24. The first kappa shape index (κ1) is 66.5. The summed E-state index contributed by atoms with van der Waals surface area (Å²) < 4.78 is 24.4. The number of aliphatic imine (C=N–C) groups is 1. The molecule has 1 heterocycles. The quantitative estimate of drug-likeness (QED) is 0.0204. The van der Waals surface area contributed by atoms with E-state index in [9.17, 15) is 19.2 Å². The number of carbonyl (C=O) groups is 4. The van der Waals surface area contributed by atoms with Crippen LogP contribution in [0.15, 0.2) is 23.5 Å². The molecule has 0 saturated carbocycles. The van der Waals surface area contributed by atoms with E-state index < -0.39 is 23.4 Å². The van der Waals surface area contributed by atoms with Crippen molar-refractivity contribution in [2.24, 2.45) is 4.99 Å². The summed E-state index contributed by atoms with van der Waals surface area (Å²) in [6, 6.07) is 1.71. The molecule has 2 amide bonds. The average molecular weight is 1020 g/mol. The monoisotopic (exact) mass is 1020 g/mol. The van der Waals surface area contributed by atoms with Crippen LogP contribution in [-0.4, -0.2) is 99.8 Å². The van der Waals surface area contributed by atoms with Crippen molar-refractivity contribution in [2.75, 3.05) is 32.8 Å². The standard InChI is InChI=1S/C59H109N5O8/c1-10-13-16-19-22-31-38-51-69-53(65)43-34-27-23-29-36-46-62(48-40-49-63(57(68)72-59(7,8)9)55(64-50-39-45-60-64)61-56(67)71-58(4,5)6)47-37-30-24-28-35-44-54(66)70-52(41-32-25-20-17-14-11-2)42-33-26-21-18-15-12-3/h39,45,50,52H,10-38,40-44,46-49,51H2,1-9H3. The molecule has 0 aromatic carbocycles. The maximum Gasteiger partial charge on any atom is 0.437 e. The molecule has 13 heteroatoms. The van der Waals surface area contributed by atoms with Gasteiger partial charge in [0.05, 0.1) is 6.61 Å². The number of ether oxygens (including phenoxy) is 4. The van der Waals surface area contributed by atoms with E-state index in [0.29, 0.717) is 25.9 Å². The molecule has 1 aromatic heterocycles. The van der Waals surface area contributed by atoms with E-state index in [-0.39, 0.29) is 30.5 Å². The molecule has 13 nitrogen and oxygen atoms in total. The molecule has 418 valence electrons. The number of aromatic nitrogens is 2. The van der Waals surface area contributed by atoms with Crippen LogP contribution >= 0.6 is 0 Å². The summed E-state index contributed by atoms with van der Waals surface area (Å²) in [5.41, 5.74) is -1.56. The topological polar surface area (TPSA) is 142 Å². The zero-order chi connectivity index (χ0) is 53.1. The molecule has 1 aromatic rings. The molecule has 0 aliphatic heterocycles. The highest BCUT2D eigenvalue weighted by Gasteiger charge is 2.29. The SMILES string of the molecule is CCCCCCCCCOC(=O)CCCCCCCN(CCCCCCCC(=O)OC(CCCCCCCC)CCCCCCCC)CCCN(C(=O)OC(C)(C)C)C(=NC(=O)OC(C)(C)C)n1cccn1. The van der Waals surface area contributed by atoms with Crippen molar-refractivity contribution in [1.82, 2.24) is 19.6 Å². The van der Waals surface area contributed by atoms with Gasteiger partial charge in [-0.25, -0.2) is 19.2 Å². The van der Waals surface area contributed by atoms with Crippen LogP contribution in [0.25, 0.3) is 0 Å². The lowest BCUT2D eigenvalue weighted by Gasteiger charge is -2.29. The van der Waals surface area contributed by atoms with Crippen LogP contribution in [0.4, 0.5) is 9.59 Å². The van der Waals surface area contributed by atoms with Crippen molar-refractivity contribution in [1.29, 1.82) is 0 Å². The van der Waals surface area contributed by atoms with Gasteiger partial charge in [0, 0.05) is 31.8 Å². The Morgan fingerprint density at radius 3 is 1.46 bits per heavy atom. The van der Waals surface area contributed by atoms with Gasteiger partial charge < -0.3 is 23.8 Å².